The zero-order valence-electron chi connectivity index (χ0n) is 16.7. The Hall–Kier alpha value is -2.61. The highest BCUT2D eigenvalue weighted by atomic mass is 32.1. The summed E-state index contributed by atoms with van der Waals surface area (Å²) in [6, 6.07) is 12.9. The molecule has 148 valence electrons. The van der Waals surface area contributed by atoms with Crippen molar-refractivity contribution >= 4 is 16.9 Å². The Morgan fingerprint density at radius 2 is 2.03 bits per heavy atom. The van der Waals surface area contributed by atoms with Gasteiger partial charge < -0.3 is 0 Å². The van der Waals surface area contributed by atoms with Crippen molar-refractivity contribution in [3.8, 4) is 11.1 Å². The van der Waals surface area contributed by atoms with Crippen LogP contribution in [0.2, 0.25) is 0 Å². The van der Waals surface area contributed by atoms with Gasteiger partial charge in [0.15, 0.2) is 0 Å². The predicted octanol–water partition coefficient (Wildman–Crippen LogP) is 3.65. The molecule has 4 aromatic rings. The molecule has 0 radical (unpaired) electrons. The number of aromatic nitrogens is 4. The number of hydrogen-bond donors (Lipinski definition) is 0. The molecule has 0 aliphatic carbocycles. The van der Waals surface area contributed by atoms with Crippen LogP contribution in [0.3, 0.4) is 0 Å². The van der Waals surface area contributed by atoms with Crippen molar-refractivity contribution in [2.24, 2.45) is 0 Å². The van der Waals surface area contributed by atoms with E-state index in [0.29, 0.717) is 0 Å². The molecule has 0 aromatic carbocycles. The lowest BCUT2D eigenvalue weighted by Crippen LogP contribution is -2.46. The minimum atomic E-state index is 0.220. The lowest BCUT2D eigenvalue weighted by atomic mass is 10.1. The molecule has 0 spiro atoms. The average molecular weight is 405 g/mol. The number of nitrogens with zero attached hydrogens (tertiary/aromatic N) is 6. The molecule has 5 rings (SSSR count). The number of likely N-dealkylation sites (N-methyl/N-ethyl adjacent to an activating group) is 1. The number of aryl methyl sites for hydroxylation is 1. The molecule has 0 unspecified atom stereocenters. The quantitative estimate of drug-likeness (QED) is 0.520. The summed E-state index contributed by atoms with van der Waals surface area (Å²) in [5.74, 6) is 0. The SMILES string of the molecule is Cc1cccc(CN2CCN(C)[C@H](c3nnn4cc(-c5ccsc5)ccc34)C2)n1. The Labute approximate surface area is 174 Å². The van der Waals surface area contributed by atoms with E-state index in [2.05, 4.69) is 79.4 Å². The Kier molecular flexibility index (Phi) is 4.87. The lowest BCUT2D eigenvalue weighted by molar-refractivity contribution is 0.0880. The molecular weight excluding hydrogens is 380 g/mol. The van der Waals surface area contributed by atoms with Gasteiger partial charge in [0.25, 0.3) is 0 Å². The van der Waals surface area contributed by atoms with Crippen molar-refractivity contribution in [1.82, 2.24) is 29.6 Å². The third-order valence-corrected chi connectivity index (χ3v) is 6.36. The van der Waals surface area contributed by atoms with E-state index in [1.807, 2.05) is 17.5 Å². The van der Waals surface area contributed by atoms with Gasteiger partial charge in [-0.25, -0.2) is 4.52 Å². The maximum absolute atomic E-state index is 4.67. The molecule has 1 atom stereocenters. The monoisotopic (exact) mass is 404 g/mol. The van der Waals surface area contributed by atoms with Gasteiger partial charge >= 0.3 is 0 Å². The molecule has 0 amide bonds. The number of rotatable bonds is 4. The molecule has 29 heavy (non-hydrogen) atoms. The smallest absolute Gasteiger partial charge is 0.109 e. The molecule has 1 aliphatic rings. The highest BCUT2D eigenvalue weighted by Crippen LogP contribution is 2.28. The zero-order chi connectivity index (χ0) is 19.8. The average Bonchev–Trinajstić information content (AvgIpc) is 3.39. The Balaban J connectivity index is 1.40. The zero-order valence-corrected chi connectivity index (χ0v) is 17.5. The topological polar surface area (TPSA) is 49.6 Å². The number of pyridine rings is 2. The van der Waals surface area contributed by atoms with Crippen molar-refractivity contribution in [1.29, 1.82) is 0 Å². The Morgan fingerprint density at radius 1 is 1.10 bits per heavy atom. The van der Waals surface area contributed by atoms with Gasteiger partial charge in [-0.15, -0.1) is 5.10 Å². The first-order chi connectivity index (χ1) is 14.2. The standard InChI is InChI=1S/C22H24N6S/c1-16-4-3-5-19(23-16)13-27-10-9-26(2)21(14-27)22-20-7-6-17(12-28(20)25-24-22)18-8-11-29-15-18/h3-8,11-12,15,21H,9-10,13-14H2,1-2H3/t21-/m0/s1. The maximum Gasteiger partial charge on any atom is 0.109 e. The van der Waals surface area contributed by atoms with Crippen LogP contribution in [0.15, 0.2) is 53.4 Å². The largest absolute Gasteiger partial charge is 0.295 e. The van der Waals surface area contributed by atoms with Crippen molar-refractivity contribution < 1.29 is 0 Å². The van der Waals surface area contributed by atoms with Gasteiger partial charge in [-0.2, -0.15) is 11.3 Å². The van der Waals surface area contributed by atoms with Crippen molar-refractivity contribution in [3.63, 3.8) is 0 Å². The van der Waals surface area contributed by atoms with E-state index in [1.54, 1.807) is 11.3 Å². The molecule has 7 heteroatoms. The van der Waals surface area contributed by atoms with E-state index < -0.39 is 0 Å². The van der Waals surface area contributed by atoms with Crippen LogP contribution >= 0.6 is 11.3 Å². The molecule has 1 saturated heterocycles. The summed E-state index contributed by atoms with van der Waals surface area (Å²) in [5.41, 5.74) is 6.71. The summed E-state index contributed by atoms with van der Waals surface area (Å²) >= 11 is 1.71. The second kappa shape index (κ2) is 7.67. The Bertz CT molecular complexity index is 1120. The normalized spacial score (nSPS) is 18.5. The van der Waals surface area contributed by atoms with Crippen LogP contribution in [-0.4, -0.2) is 56.3 Å². The van der Waals surface area contributed by atoms with Gasteiger partial charge in [-0.3, -0.25) is 14.8 Å². The number of fused-ring (bicyclic) bond motifs is 1. The highest BCUT2D eigenvalue weighted by Gasteiger charge is 2.29. The van der Waals surface area contributed by atoms with E-state index >= 15 is 0 Å². The Morgan fingerprint density at radius 3 is 2.86 bits per heavy atom. The molecule has 0 saturated carbocycles. The minimum absolute atomic E-state index is 0.220. The van der Waals surface area contributed by atoms with Crippen LogP contribution in [-0.2, 0) is 6.54 Å². The van der Waals surface area contributed by atoms with Crippen LogP contribution in [0.1, 0.15) is 23.1 Å². The first-order valence-corrected chi connectivity index (χ1v) is 10.8. The minimum Gasteiger partial charge on any atom is -0.295 e. The van der Waals surface area contributed by atoms with Gasteiger partial charge in [-0.05, 0) is 54.6 Å². The van der Waals surface area contributed by atoms with Crippen molar-refractivity contribution in [2.75, 3.05) is 26.7 Å². The molecule has 5 heterocycles. The van der Waals surface area contributed by atoms with Gasteiger partial charge in [0.1, 0.15) is 5.69 Å². The van der Waals surface area contributed by atoms with E-state index in [4.69, 9.17) is 0 Å². The molecular formula is C22H24N6S. The summed E-state index contributed by atoms with van der Waals surface area (Å²) in [5, 5.41) is 13.3. The highest BCUT2D eigenvalue weighted by molar-refractivity contribution is 7.08. The van der Waals surface area contributed by atoms with Gasteiger partial charge in [0.2, 0.25) is 0 Å². The summed E-state index contributed by atoms with van der Waals surface area (Å²) in [6.45, 7) is 5.87. The fourth-order valence-corrected chi connectivity index (χ4v) is 4.70. The van der Waals surface area contributed by atoms with E-state index in [9.17, 15) is 0 Å². The summed E-state index contributed by atoms with van der Waals surface area (Å²) < 4.78 is 1.91. The van der Waals surface area contributed by atoms with Crippen LogP contribution < -0.4 is 0 Å². The first-order valence-electron chi connectivity index (χ1n) is 9.90. The van der Waals surface area contributed by atoms with Crippen LogP contribution in [0, 0.1) is 6.92 Å². The van der Waals surface area contributed by atoms with Crippen LogP contribution in [0.5, 0.6) is 0 Å². The van der Waals surface area contributed by atoms with E-state index in [-0.39, 0.29) is 6.04 Å². The summed E-state index contributed by atoms with van der Waals surface area (Å²) in [6.07, 6.45) is 2.07. The second-order valence-electron chi connectivity index (χ2n) is 7.74. The van der Waals surface area contributed by atoms with Crippen molar-refractivity contribution in [2.45, 2.75) is 19.5 Å². The summed E-state index contributed by atoms with van der Waals surface area (Å²) in [4.78, 5) is 9.53. The third-order valence-electron chi connectivity index (χ3n) is 5.67. The number of hydrogen-bond acceptors (Lipinski definition) is 6. The number of thiophene rings is 1. The molecule has 1 fully saturated rings. The molecule has 0 N–H and O–H groups in total. The third kappa shape index (κ3) is 3.69. The number of piperazine rings is 1. The van der Waals surface area contributed by atoms with Gasteiger partial charge in [-0.1, -0.05) is 17.3 Å². The molecule has 4 aromatic heterocycles. The lowest BCUT2D eigenvalue weighted by Gasteiger charge is -2.38. The van der Waals surface area contributed by atoms with Crippen LogP contribution in [0.25, 0.3) is 16.6 Å². The van der Waals surface area contributed by atoms with Crippen molar-refractivity contribution in [3.05, 3.63) is 70.4 Å². The van der Waals surface area contributed by atoms with E-state index in [1.165, 1.54) is 11.1 Å². The second-order valence-corrected chi connectivity index (χ2v) is 8.52. The summed E-state index contributed by atoms with van der Waals surface area (Å²) in [7, 11) is 2.18. The maximum atomic E-state index is 4.67. The van der Waals surface area contributed by atoms with E-state index in [0.717, 1.165) is 48.8 Å². The first kappa shape index (κ1) is 18.4. The van der Waals surface area contributed by atoms with Gasteiger partial charge in [0, 0.05) is 43.6 Å². The predicted molar refractivity (Wildman–Crippen MR) is 116 cm³/mol. The fraction of sp³-hybridized carbons (Fsp3) is 0.318. The molecule has 0 bridgehead atoms. The van der Waals surface area contributed by atoms with Crippen LogP contribution in [0.4, 0.5) is 0 Å². The molecule has 6 nitrogen and oxygen atoms in total. The molecule has 1 aliphatic heterocycles. The fourth-order valence-electron chi connectivity index (χ4n) is 4.04. The van der Waals surface area contributed by atoms with Gasteiger partial charge in [0.05, 0.1) is 17.3 Å².